The first-order valence-electron chi connectivity index (χ1n) is 7.17. The van der Waals surface area contributed by atoms with Gasteiger partial charge in [-0.2, -0.15) is 4.98 Å². The van der Waals surface area contributed by atoms with Crippen molar-refractivity contribution in [3.63, 3.8) is 0 Å². The lowest BCUT2D eigenvalue weighted by atomic mass is 9.98. The Balaban J connectivity index is 1.56. The molecule has 1 aromatic heterocycles. The van der Waals surface area contributed by atoms with E-state index in [2.05, 4.69) is 27.5 Å². The molecular weight excluding hydrogens is 224 g/mol. The summed E-state index contributed by atoms with van der Waals surface area (Å²) in [5, 5.41) is 6.64. The quantitative estimate of drug-likeness (QED) is 0.776. The summed E-state index contributed by atoms with van der Waals surface area (Å²) in [6.07, 6.45) is 7.58. The number of anilines is 2. The van der Waals surface area contributed by atoms with E-state index in [-0.39, 0.29) is 0 Å². The van der Waals surface area contributed by atoms with Gasteiger partial charge < -0.3 is 10.6 Å². The Bertz CT molecular complexity index is 387. The van der Waals surface area contributed by atoms with Crippen molar-refractivity contribution in [2.75, 3.05) is 23.7 Å². The molecule has 0 aromatic carbocycles. The van der Waals surface area contributed by atoms with E-state index in [0.717, 1.165) is 42.6 Å². The molecular formula is C14H22N4. The molecule has 1 aromatic rings. The van der Waals surface area contributed by atoms with Gasteiger partial charge in [-0.1, -0.05) is 0 Å². The van der Waals surface area contributed by atoms with Gasteiger partial charge in [0.25, 0.3) is 0 Å². The molecule has 0 spiro atoms. The molecule has 4 heteroatoms. The Hall–Kier alpha value is -1.32. The van der Waals surface area contributed by atoms with E-state index in [9.17, 15) is 0 Å². The normalized spacial score (nSPS) is 19.0. The van der Waals surface area contributed by atoms with Gasteiger partial charge in [-0.3, -0.25) is 0 Å². The van der Waals surface area contributed by atoms with E-state index in [4.69, 9.17) is 0 Å². The van der Waals surface area contributed by atoms with Crippen LogP contribution in [-0.4, -0.2) is 23.1 Å². The minimum absolute atomic E-state index is 0.719. The van der Waals surface area contributed by atoms with Gasteiger partial charge in [0.1, 0.15) is 5.82 Å². The van der Waals surface area contributed by atoms with Crippen LogP contribution >= 0.6 is 0 Å². The van der Waals surface area contributed by atoms with Crippen LogP contribution in [0.25, 0.3) is 0 Å². The van der Waals surface area contributed by atoms with Gasteiger partial charge in [0, 0.05) is 19.3 Å². The fourth-order valence-corrected chi connectivity index (χ4v) is 2.69. The van der Waals surface area contributed by atoms with Gasteiger partial charge in [-0.15, -0.1) is 0 Å². The second-order valence-electron chi connectivity index (χ2n) is 5.52. The molecule has 0 saturated heterocycles. The summed E-state index contributed by atoms with van der Waals surface area (Å²) in [5.41, 5.74) is 0. The van der Waals surface area contributed by atoms with E-state index in [1.165, 1.54) is 25.7 Å². The first-order valence-corrected chi connectivity index (χ1v) is 7.17. The third-order valence-corrected chi connectivity index (χ3v) is 3.96. The second-order valence-corrected chi connectivity index (χ2v) is 5.52. The molecule has 98 valence electrons. The molecule has 4 nitrogen and oxygen atoms in total. The number of hydrogen-bond acceptors (Lipinski definition) is 4. The van der Waals surface area contributed by atoms with Crippen molar-refractivity contribution >= 4 is 11.8 Å². The van der Waals surface area contributed by atoms with Crippen LogP contribution < -0.4 is 10.6 Å². The number of hydrogen-bond donors (Lipinski definition) is 2. The van der Waals surface area contributed by atoms with E-state index >= 15 is 0 Å². The average molecular weight is 246 g/mol. The standard InChI is InChI=1S/C14H22N4/c1-2-15-14-16-8-7-13(18-14)17-9-12(10-3-4-10)11-5-6-11/h7-8,10-12H,2-6,9H2,1H3,(H2,15,16,17,18). The number of nitrogens with one attached hydrogen (secondary N) is 2. The average Bonchev–Trinajstić information content (AvgIpc) is 3.25. The highest BCUT2D eigenvalue weighted by Crippen LogP contribution is 2.49. The molecule has 18 heavy (non-hydrogen) atoms. The largest absolute Gasteiger partial charge is 0.370 e. The van der Waals surface area contributed by atoms with Gasteiger partial charge >= 0.3 is 0 Å². The summed E-state index contributed by atoms with van der Waals surface area (Å²) in [6, 6.07) is 1.96. The summed E-state index contributed by atoms with van der Waals surface area (Å²) < 4.78 is 0. The first-order chi connectivity index (χ1) is 8.86. The van der Waals surface area contributed by atoms with E-state index in [1.54, 1.807) is 0 Å². The van der Waals surface area contributed by atoms with Gasteiger partial charge in [0.15, 0.2) is 0 Å². The van der Waals surface area contributed by atoms with Crippen molar-refractivity contribution in [1.82, 2.24) is 9.97 Å². The lowest BCUT2D eigenvalue weighted by Gasteiger charge is -2.16. The third kappa shape index (κ3) is 2.92. The maximum atomic E-state index is 4.46. The fourth-order valence-electron chi connectivity index (χ4n) is 2.69. The molecule has 0 atom stereocenters. The van der Waals surface area contributed by atoms with E-state index in [1.807, 2.05) is 12.3 Å². The fraction of sp³-hybridized carbons (Fsp3) is 0.714. The lowest BCUT2D eigenvalue weighted by molar-refractivity contribution is 0.427. The Labute approximate surface area is 109 Å². The summed E-state index contributed by atoms with van der Waals surface area (Å²) in [6.45, 7) is 3.99. The van der Waals surface area contributed by atoms with Crippen molar-refractivity contribution in [3.05, 3.63) is 12.3 Å². The second kappa shape index (κ2) is 5.12. The van der Waals surface area contributed by atoms with Crippen LogP contribution in [0.1, 0.15) is 32.6 Å². The molecule has 3 rings (SSSR count). The molecule has 2 aliphatic rings. The monoisotopic (exact) mass is 246 g/mol. The third-order valence-electron chi connectivity index (χ3n) is 3.96. The molecule has 2 saturated carbocycles. The Morgan fingerprint density at radius 1 is 1.22 bits per heavy atom. The molecule has 0 amide bonds. The Morgan fingerprint density at radius 3 is 2.56 bits per heavy atom. The zero-order valence-electron chi connectivity index (χ0n) is 11.0. The van der Waals surface area contributed by atoms with E-state index < -0.39 is 0 Å². The highest BCUT2D eigenvalue weighted by molar-refractivity contribution is 5.39. The van der Waals surface area contributed by atoms with Crippen LogP contribution in [0.2, 0.25) is 0 Å². The van der Waals surface area contributed by atoms with Gasteiger partial charge in [0.2, 0.25) is 5.95 Å². The summed E-state index contributed by atoms with van der Waals surface area (Å²) in [7, 11) is 0. The van der Waals surface area contributed by atoms with Crippen LogP contribution in [0.15, 0.2) is 12.3 Å². The number of nitrogens with zero attached hydrogens (tertiary/aromatic N) is 2. The molecule has 0 unspecified atom stereocenters. The maximum absolute atomic E-state index is 4.46. The molecule has 0 radical (unpaired) electrons. The summed E-state index contributed by atoms with van der Waals surface area (Å²) >= 11 is 0. The van der Waals surface area contributed by atoms with E-state index in [0.29, 0.717) is 0 Å². The van der Waals surface area contributed by atoms with Crippen molar-refractivity contribution in [3.8, 4) is 0 Å². The van der Waals surface area contributed by atoms with Gasteiger partial charge in [0.05, 0.1) is 0 Å². The van der Waals surface area contributed by atoms with Gasteiger partial charge in [-0.25, -0.2) is 4.98 Å². The predicted octanol–water partition coefficient (Wildman–Crippen LogP) is 2.76. The zero-order chi connectivity index (χ0) is 12.4. The summed E-state index contributed by atoms with van der Waals surface area (Å²) in [4.78, 5) is 8.65. The van der Waals surface area contributed by atoms with Gasteiger partial charge in [-0.05, 0) is 56.4 Å². The molecule has 0 bridgehead atoms. The van der Waals surface area contributed by atoms with Crippen molar-refractivity contribution in [2.24, 2.45) is 17.8 Å². The van der Waals surface area contributed by atoms with Crippen LogP contribution in [-0.2, 0) is 0 Å². The molecule has 0 aliphatic heterocycles. The molecule has 2 N–H and O–H groups in total. The SMILES string of the molecule is CCNc1nccc(NCC(C2CC2)C2CC2)n1. The number of rotatable bonds is 7. The Kier molecular flexibility index (Phi) is 3.35. The van der Waals surface area contributed by atoms with Crippen LogP contribution in [0.3, 0.4) is 0 Å². The van der Waals surface area contributed by atoms with Crippen molar-refractivity contribution in [2.45, 2.75) is 32.6 Å². The Morgan fingerprint density at radius 2 is 1.94 bits per heavy atom. The summed E-state index contributed by atoms with van der Waals surface area (Å²) in [5.74, 6) is 4.52. The minimum atomic E-state index is 0.719. The van der Waals surface area contributed by atoms with Crippen LogP contribution in [0.5, 0.6) is 0 Å². The first kappa shape index (κ1) is 11.8. The van der Waals surface area contributed by atoms with Crippen LogP contribution in [0, 0.1) is 17.8 Å². The maximum Gasteiger partial charge on any atom is 0.224 e. The van der Waals surface area contributed by atoms with Crippen molar-refractivity contribution in [1.29, 1.82) is 0 Å². The molecule has 1 heterocycles. The number of aromatic nitrogens is 2. The smallest absolute Gasteiger partial charge is 0.224 e. The van der Waals surface area contributed by atoms with Crippen LogP contribution in [0.4, 0.5) is 11.8 Å². The highest BCUT2D eigenvalue weighted by Gasteiger charge is 2.40. The van der Waals surface area contributed by atoms with Crippen molar-refractivity contribution < 1.29 is 0 Å². The zero-order valence-corrected chi connectivity index (χ0v) is 11.0. The minimum Gasteiger partial charge on any atom is -0.370 e. The predicted molar refractivity (Wildman–Crippen MR) is 73.6 cm³/mol. The highest BCUT2D eigenvalue weighted by atomic mass is 15.1. The molecule has 2 fully saturated rings. The molecule has 2 aliphatic carbocycles. The lowest BCUT2D eigenvalue weighted by Crippen LogP contribution is -2.19. The topological polar surface area (TPSA) is 49.8 Å².